The van der Waals surface area contributed by atoms with Crippen molar-refractivity contribution in [3.8, 4) is 0 Å². The molecule has 0 aromatic heterocycles. The lowest BCUT2D eigenvalue weighted by Crippen LogP contribution is -2.38. The average Bonchev–Trinajstić information content (AvgIpc) is 2.96. The fraction of sp³-hybridized carbons (Fsp3) is 0.917. The molecule has 1 atom stereocenters. The zero-order chi connectivity index (χ0) is 12.9. The van der Waals surface area contributed by atoms with Crippen molar-refractivity contribution in [3.05, 3.63) is 0 Å². The highest BCUT2D eigenvalue weighted by Gasteiger charge is 2.22. The Kier molecular flexibility index (Phi) is 5.21. The summed E-state index contributed by atoms with van der Waals surface area (Å²) in [6, 6.07) is 0. The minimum absolute atomic E-state index is 0.152. The average molecular weight is 245 g/mol. The SMILES string of the molecule is CC(C)(C)OC(=O)NCC(O)COCC1CC1. The molecule has 17 heavy (non-hydrogen) atoms. The van der Waals surface area contributed by atoms with E-state index in [4.69, 9.17) is 9.47 Å². The van der Waals surface area contributed by atoms with Crippen LogP contribution < -0.4 is 5.32 Å². The van der Waals surface area contributed by atoms with Crippen molar-refractivity contribution in [2.75, 3.05) is 19.8 Å². The molecule has 1 amide bonds. The molecule has 100 valence electrons. The monoisotopic (exact) mass is 245 g/mol. The maximum atomic E-state index is 11.3. The van der Waals surface area contributed by atoms with Gasteiger partial charge in [0, 0.05) is 13.2 Å². The number of aliphatic hydroxyl groups is 1. The molecule has 0 heterocycles. The molecule has 1 saturated carbocycles. The van der Waals surface area contributed by atoms with E-state index in [2.05, 4.69) is 5.32 Å². The van der Waals surface area contributed by atoms with E-state index in [1.807, 2.05) is 0 Å². The minimum Gasteiger partial charge on any atom is -0.444 e. The molecular weight excluding hydrogens is 222 g/mol. The number of rotatable bonds is 6. The number of hydrogen-bond acceptors (Lipinski definition) is 4. The summed E-state index contributed by atoms with van der Waals surface area (Å²) in [4.78, 5) is 11.3. The molecule has 0 radical (unpaired) electrons. The van der Waals surface area contributed by atoms with Gasteiger partial charge in [-0.15, -0.1) is 0 Å². The van der Waals surface area contributed by atoms with Crippen LogP contribution in [-0.2, 0) is 9.47 Å². The van der Waals surface area contributed by atoms with Gasteiger partial charge in [-0.3, -0.25) is 0 Å². The predicted octanol–water partition coefficient (Wildman–Crippen LogP) is 1.30. The van der Waals surface area contributed by atoms with E-state index >= 15 is 0 Å². The highest BCUT2D eigenvalue weighted by atomic mass is 16.6. The Morgan fingerprint density at radius 1 is 1.47 bits per heavy atom. The Morgan fingerprint density at radius 2 is 2.12 bits per heavy atom. The third-order valence-corrected chi connectivity index (χ3v) is 2.24. The van der Waals surface area contributed by atoms with Crippen LogP contribution in [0.3, 0.4) is 0 Å². The van der Waals surface area contributed by atoms with E-state index < -0.39 is 17.8 Å². The van der Waals surface area contributed by atoms with Gasteiger partial charge in [-0.2, -0.15) is 0 Å². The highest BCUT2D eigenvalue weighted by molar-refractivity contribution is 5.67. The summed E-state index contributed by atoms with van der Waals surface area (Å²) in [7, 11) is 0. The van der Waals surface area contributed by atoms with Crippen LogP contribution in [0.25, 0.3) is 0 Å². The first-order chi connectivity index (χ1) is 7.87. The Hall–Kier alpha value is -0.810. The van der Waals surface area contributed by atoms with Crippen LogP contribution in [0.15, 0.2) is 0 Å². The molecule has 0 bridgehead atoms. The summed E-state index contributed by atoms with van der Waals surface area (Å²) in [5.41, 5.74) is -0.516. The van der Waals surface area contributed by atoms with Gasteiger partial charge in [0.05, 0.1) is 12.7 Å². The van der Waals surface area contributed by atoms with Crippen LogP contribution >= 0.6 is 0 Å². The summed E-state index contributed by atoms with van der Waals surface area (Å²) in [5.74, 6) is 0.681. The molecular formula is C12H23NO4. The third-order valence-electron chi connectivity index (χ3n) is 2.24. The number of hydrogen-bond donors (Lipinski definition) is 2. The molecule has 1 aliphatic rings. The maximum absolute atomic E-state index is 11.3. The molecule has 0 aromatic carbocycles. The van der Waals surface area contributed by atoms with Crippen LogP contribution in [0.4, 0.5) is 4.79 Å². The smallest absolute Gasteiger partial charge is 0.407 e. The first kappa shape index (κ1) is 14.3. The number of alkyl carbamates (subject to hydrolysis) is 1. The summed E-state index contributed by atoms with van der Waals surface area (Å²) < 4.78 is 10.3. The van der Waals surface area contributed by atoms with Crippen LogP contribution in [0.1, 0.15) is 33.6 Å². The second-order valence-electron chi connectivity index (χ2n) is 5.52. The first-order valence-corrected chi connectivity index (χ1v) is 6.09. The van der Waals surface area contributed by atoms with Gasteiger partial charge in [0.2, 0.25) is 0 Å². The van der Waals surface area contributed by atoms with Gasteiger partial charge in [0.1, 0.15) is 5.60 Å². The van der Waals surface area contributed by atoms with E-state index in [-0.39, 0.29) is 13.2 Å². The molecule has 1 fully saturated rings. The van der Waals surface area contributed by atoms with Crippen molar-refractivity contribution < 1.29 is 19.4 Å². The third kappa shape index (κ3) is 7.99. The zero-order valence-electron chi connectivity index (χ0n) is 10.9. The standard InChI is InChI=1S/C12H23NO4/c1-12(2,3)17-11(15)13-6-10(14)8-16-7-9-4-5-9/h9-10,14H,4-8H2,1-3H3,(H,13,15). The second kappa shape index (κ2) is 6.21. The van der Waals surface area contributed by atoms with Crippen molar-refractivity contribution in [2.24, 2.45) is 5.92 Å². The molecule has 0 spiro atoms. The Labute approximate surface area is 102 Å². The van der Waals surface area contributed by atoms with E-state index in [1.165, 1.54) is 12.8 Å². The molecule has 5 nitrogen and oxygen atoms in total. The minimum atomic E-state index is -0.679. The number of carbonyl (C=O) groups is 1. The van der Waals surface area contributed by atoms with Crippen LogP contribution in [0.2, 0.25) is 0 Å². The van der Waals surface area contributed by atoms with Crippen LogP contribution in [0, 0.1) is 5.92 Å². The normalized spacial score (nSPS) is 17.6. The number of nitrogens with one attached hydrogen (secondary N) is 1. The zero-order valence-corrected chi connectivity index (χ0v) is 10.9. The van der Waals surface area contributed by atoms with E-state index in [9.17, 15) is 9.90 Å². The fourth-order valence-electron chi connectivity index (χ4n) is 1.23. The van der Waals surface area contributed by atoms with Crippen molar-refractivity contribution in [1.29, 1.82) is 0 Å². The Morgan fingerprint density at radius 3 is 2.65 bits per heavy atom. The van der Waals surface area contributed by atoms with Crippen molar-refractivity contribution in [1.82, 2.24) is 5.32 Å². The lowest BCUT2D eigenvalue weighted by atomic mass is 10.2. The topological polar surface area (TPSA) is 67.8 Å². The second-order valence-corrected chi connectivity index (χ2v) is 5.52. The van der Waals surface area contributed by atoms with Crippen LogP contribution in [0.5, 0.6) is 0 Å². The summed E-state index contributed by atoms with van der Waals surface area (Å²) in [6.45, 7) is 6.50. The number of aliphatic hydroxyl groups excluding tert-OH is 1. The maximum Gasteiger partial charge on any atom is 0.407 e. The van der Waals surface area contributed by atoms with Gasteiger partial charge in [-0.1, -0.05) is 0 Å². The van der Waals surface area contributed by atoms with Gasteiger partial charge in [0.15, 0.2) is 0 Å². The van der Waals surface area contributed by atoms with Crippen molar-refractivity contribution in [2.45, 2.75) is 45.3 Å². The van der Waals surface area contributed by atoms with E-state index in [0.717, 1.165) is 0 Å². The fourth-order valence-corrected chi connectivity index (χ4v) is 1.23. The number of carbonyl (C=O) groups excluding carboxylic acids is 1. The lowest BCUT2D eigenvalue weighted by Gasteiger charge is -2.20. The molecule has 1 unspecified atom stereocenters. The number of ether oxygens (including phenoxy) is 2. The Balaban J connectivity index is 2.01. The molecule has 0 aromatic rings. The highest BCUT2D eigenvalue weighted by Crippen LogP contribution is 2.28. The first-order valence-electron chi connectivity index (χ1n) is 6.09. The van der Waals surface area contributed by atoms with E-state index in [0.29, 0.717) is 12.5 Å². The summed E-state index contributed by atoms with van der Waals surface area (Å²) >= 11 is 0. The molecule has 0 saturated heterocycles. The Bertz CT molecular complexity index is 245. The van der Waals surface area contributed by atoms with Crippen LogP contribution in [-0.4, -0.2) is 42.7 Å². The number of amides is 1. The quantitative estimate of drug-likeness (QED) is 0.740. The van der Waals surface area contributed by atoms with Gasteiger partial charge >= 0.3 is 6.09 Å². The molecule has 1 rings (SSSR count). The summed E-state index contributed by atoms with van der Waals surface area (Å²) in [5, 5.41) is 12.0. The predicted molar refractivity (Wildman–Crippen MR) is 63.8 cm³/mol. The van der Waals surface area contributed by atoms with Gasteiger partial charge in [-0.25, -0.2) is 4.79 Å². The van der Waals surface area contributed by atoms with Gasteiger partial charge in [-0.05, 0) is 39.5 Å². The van der Waals surface area contributed by atoms with Gasteiger partial charge < -0.3 is 19.9 Å². The van der Waals surface area contributed by atoms with Crippen molar-refractivity contribution in [3.63, 3.8) is 0 Å². The summed E-state index contributed by atoms with van der Waals surface area (Å²) in [6.07, 6.45) is 1.26. The van der Waals surface area contributed by atoms with E-state index in [1.54, 1.807) is 20.8 Å². The molecule has 0 aliphatic heterocycles. The van der Waals surface area contributed by atoms with Crippen molar-refractivity contribution >= 4 is 6.09 Å². The molecule has 1 aliphatic carbocycles. The molecule has 5 heteroatoms. The largest absolute Gasteiger partial charge is 0.444 e. The lowest BCUT2D eigenvalue weighted by molar-refractivity contribution is 0.0246. The molecule has 2 N–H and O–H groups in total. The van der Waals surface area contributed by atoms with Gasteiger partial charge in [0.25, 0.3) is 0 Å².